The van der Waals surface area contributed by atoms with Crippen molar-refractivity contribution in [1.82, 2.24) is 10.3 Å². The fourth-order valence-electron chi connectivity index (χ4n) is 1.81. The van der Waals surface area contributed by atoms with Crippen molar-refractivity contribution in [3.63, 3.8) is 0 Å². The number of ether oxygens (including phenoxy) is 1. The number of hydrogen-bond donors (Lipinski definition) is 1. The smallest absolute Gasteiger partial charge is 0.123 e. The van der Waals surface area contributed by atoms with Crippen molar-refractivity contribution >= 4 is 27.3 Å². The third-order valence-corrected chi connectivity index (χ3v) is 4.44. The molecular weight excluding hydrogens is 324 g/mol. The van der Waals surface area contributed by atoms with Gasteiger partial charge in [-0.15, -0.1) is 11.3 Å². The second-order valence-corrected chi connectivity index (χ2v) is 6.55. The van der Waals surface area contributed by atoms with Crippen molar-refractivity contribution in [1.29, 1.82) is 0 Å². The van der Waals surface area contributed by atoms with Crippen LogP contribution in [0.2, 0.25) is 0 Å². The van der Waals surface area contributed by atoms with Crippen LogP contribution in [0, 0.1) is 6.92 Å². The predicted molar refractivity (Wildman–Crippen MR) is 82.8 cm³/mol. The molecule has 19 heavy (non-hydrogen) atoms. The Balaban J connectivity index is 2.04. The van der Waals surface area contributed by atoms with Crippen LogP contribution in [-0.4, -0.2) is 12.1 Å². The van der Waals surface area contributed by atoms with Crippen LogP contribution in [-0.2, 0) is 6.54 Å². The summed E-state index contributed by atoms with van der Waals surface area (Å²) in [6, 6.07) is 6.27. The summed E-state index contributed by atoms with van der Waals surface area (Å²) < 4.78 is 6.43. The molecule has 1 aromatic heterocycles. The van der Waals surface area contributed by atoms with Gasteiger partial charge in [-0.05, 0) is 32.0 Å². The average Bonchev–Trinajstić information content (AvgIpc) is 2.83. The van der Waals surface area contributed by atoms with E-state index in [1.54, 1.807) is 18.4 Å². The van der Waals surface area contributed by atoms with Crippen LogP contribution in [0.3, 0.4) is 0 Å². The largest absolute Gasteiger partial charge is 0.496 e. The van der Waals surface area contributed by atoms with Gasteiger partial charge in [0.1, 0.15) is 10.8 Å². The first-order chi connectivity index (χ1) is 9.10. The molecule has 3 nitrogen and oxygen atoms in total. The molecule has 0 bridgehead atoms. The summed E-state index contributed by atoms with van der Waals surface area (Å²) in [5, 5.41) is 4.59. The van der Waals surface area contributed by atoms with Crippen LogP contribution in [0.4, 0.5) is 0 Å². The van der Waals surface area contributed by atoms with Crippen LogP contribution in [0.25, 0.3) is 0 Å². The second kappa shape index (κ2) is 6.50. The SMILES string of the molecule is COc1ccc(Br)cc1CNC(C)c1ncc(C)s1. The number of rotatable bonds is 5. The lowest BCUT2D eigenvalue weighted by atomic mass is 10.2. The molecule has 5 heteroatoms. The van der Waals surface area contributed by atoms with E-state index >= 15 is 0 Å². The monoisotopic (exact) mass is 340 g/mol. The quantitative estimate of drug-likeness (QED) is 0.890. The number of aryl methyl sites for hydroxylation is 1. The molecule has 1 atom stereocenters. The number of nitrogens with zero attached hydrogens (tertiary/aromatic N) is 1. The van der Waals surface area contributed by atoms with Crippen LogP contribution >= 0.6 is 27.3 Å². The normalized spacial score (nSPS) is 12.4. The third kappa shape index (κ3) is 3.78. The zero-order chi connectivity index (χ0) is 13.8. The minimum absolute atomic E-state index is 0.238. The summed E-state index contributed by atoms with van der Waals surface area (Å²) in [5.74, 6) is 0.901. The van der Waals surface area contributed by atoms with Gasteiger partial charge >= 0.3 is 0 Å². The number of thiazole rings is 1. The molecule has 102 valence electrons. The van der Waals surface area contributed by atoms with Crippen molar-refractivity contribution < 1.29 is 4.74 Å². The first-order valence-corrected chi connectivity index (χ1v) is 7.69. The molecule has 0 amide bonds. The van der Waals surface area contributed by atoms with E-state index in [-0.39, 0.29) is 6.04 Å². The zero-order valence-corrected chi connectivity index (χ0v) is 13.6. The Morgan fingerprint density at radius 2 is 2.26 bits per heavy atom. The maximum Gasteiger partial charge on any atom is 0.123 e. The summed E-state index contributed by atoms with van der Waals surface area (Å²) in [6.07, 6.45) is 1.91. The van der Waals surface area contributed by atoms with Crippen LogP contribution in [0.5, 0.6) is 5.75 Å². The van der Waals surface area contributed by atoms with E-state index in [0.717, 1.165) is 27.3 Å². The molecule has 0 saturated carbocycles. The van der Waals surface area contributed by atoms with E-state index in [1.165, 1.54) is 4.88 Å². The predicted octanol–water partition coefficient (Wildman–Crippen LogP) is 4.07. The van der Waals surface area contributed by atoms with E-state index in [2.05, 4.69) is 46.1 Å². The van der Waals surface area contributed by atoms with Crippen molar-refractivity contribution in [3.8, 4) is 5.75 Å². The summed E-state index contributed by atoms with van der Waals surface area (Å²) in [6.45, 7) is 4.95. The number of nitrogens with one attached hydrogen (secondary N) is 1. The van der Waals surface area contributed by atoms with Gasteiger partial charge in [-0.3, -0.25) is 0 Å². The van der Waals surface area contributed by atoms with Crippen molar-refractivity contribution in [2.24, 2.45) is 0 Å². The minimum atomic E-state index is 0.238. The number of halogens is 1. The van der Waals surface area contributed by atoms with Crippen molar-refractivity contribution in [2.75, 3.05) is 7.11 Å². The van der Waals surface area contributed by atoms with Gasteiger partial charge in [0.25, 0.3) is 0 Å². The lowest BCUT2D eigenvalue weighted by Crippen LogP contribution is -2.18. The lowest BCUT2D eigenvalue weighted by Gasteiger charge is -2.14. The molecule has 0 aliphatic carbocycles. The highest BCUT2D eigenvalue weighted by Crippen LogP contribution is 2.24. The highest BCUT2D eigenvalue weighted by molar-refractivity contribution is 9.10. The Kier molecular flexibility index (Phi) is 4.96. The Hall–Kier alpha value is -0.910. The van der Waals surface area contributed by atoms with Gasteiger partial charge in [-0.1, -0.05) is 15.9 Å². The molecule has 1 unspecified atom stereocenters. The fourth-order valence-corrected chi connectivity index (χ4v) is 3.02. The molecule has 0 spiro atoms. The first-order valence-electron chi connectivity index (χ1n) is 6.08. The van der Waals surface area contributed by atoms with Gasteiger partial charge in [0.05, 0.1) is 13.2 Å². The molecule has 0 radical (unpaired) electrons. The maximum absolute atomic E-state index is 5.37. The van der Waals surface area contributed by atoms with Gasteiger partial charge in [-0.25, -0.2) is 4.98 Å². The summed E-state index contributed by atoms with van der Waals surface area (Å²) in [4.78, 5) is 5.64. The molecule has 2 rings (SSSR count). The second-order valence-electron chi connectivity index (χ2n) is 4.37. The number of methoxy groups -OCH3 is 1. The lowest BCUT2D eigenvalue weighted by molar-refractivity contribution is 0.406. The molecule has 0 aliphatic rings. The number of benzene rings is 1. The molecular formula is C14H17BrN2OS. The molecule has 1 aromatic carbocycles. The van der Waals surface area contributed by atoms with Gasteiger partial charge in [0, 0.05) is 27.7 Å². The molecule has 1 heterocycles. The van der Waals surface area contributed by atoms with E-state index in [1.807, 2.05) is 18.3 Å². The topological polar surface area (TPSA) is 34.1 Å². The summed E-state index contributed by atoms with van der Waals surface area (Å²) >= 11 is 5.22. The highest BCUT2D eigenvalue weighted by atomic mass is 79.9. The standard InChI is InChI=1S/C14H17BrN2OS/c1-9-7-17-14(19-9)10(2)16-8-11-6-12(15)4-5-13(11)18-3/h4-7,10,16H,8H2,1-3H3. The van der Waals surface area contributed by atoms with Crippen LogP contribution in [0.15, 0.2) is 28.9 Å². The average molecular weight is 341 g/mol. The molecule has 0 aliphatic heterocycles. The van der Waals surface area contributed by atoms with Gasteiger partial charge in [-0.2, -0.15) is 0 Å². The van der Waals surface area contributed by atoms with E-state index in [9.17, 15) is 0 Å². The van der Waals surface area contributed by atoms with E-state index < -0.39 is 0 Å². The van der Waals surface area contributed by atoms with Gasteiger partial charge in [0.15, 0.2) is 0 Å². The molecule has 1 N–H and O–H groups in total. The molecule has 2 aromatic rings. The fraction of sp³-hybridized carbons (Fsp3) is 0.357. The van der Waals surface area contributed by atoms with Gasteiger partial charge < -0.3 is 10.1 Å². The number of hydrogen-bond acceptors (Lipinski definition) is 4. The Morgan fingerprint density at radius 3 is 2.89 bits per heavy atom. The highest BCUT2D eigenvalue weighted by Gasteiger charge is 2.10. The first kappa shape index (κ1) is 14.5. The molecule has 0 fully saturated rings. The zero-order valence-electron chi connectivity index (χ0n) is 11.2. The van der Waals surface area contributed by atoms with Crippen molar-refractivity contribution in [2.45, 2.75) is 26.4 Å². The van der Waals surface area contributed by atoms with Crippen LogP contribution in [0.1, 0.15) is 28.4 Å². The Bertz CT molecular complexity index is 556. The van der Waals surface area contributed by atoms with Gasteiger partial charge in [0.2, 0.25) is 0 Å². The summed E-state index contributed by atoms with van der Waals surface area (Å²) in [5.41, 5.74) is 1.14. The Morgan fingerprint density at radius 1 is 1.47 bits per heavy atom. The van der Waals surface area contributed by atoms with E-state index in [4.69, 9.17) is 4.74 Å². The summed E-state index contributed by atoms with van der Waals surface area (Å²) in [7, 11) is 1.69. The molecule has 0 saturated heterocycles. The van der Waals surface area contributed by atoms with Crippen LogP contribution < -0.4 is 10.1 Å². The number of aromatic nitrogens is 1. The third-order valence-electron chi connectivity index (χ3n) is 2.85. The Labute approximate surface area is 126 Å². The van der Waals surface area contributed by atoms with Crippen molar-refractivity contribution in [3.05, 3.63) is 44.3 Å². The minimum Gasteiger partial charge on any atom is -0.496 e. The van der Waals surface area contributed by atoms with E-state index in [0.29, 0.717) is 0 Å². The maximum atomic E-state index is 5.37.